The fourth-order valence-electron chi connectivity index (χ4n) is 4.36. The minimum atomic E-state index is -1.12. The van der Waals surface area contributed by atoms with Crippen LogP contribution in [0.25, 0.3) is 10.9 Å². The first-order chi connectivity index (χ1) is 17.8. The number of ether oxygens (including phenoxy) is 3. The third-order valence-corrected chi connectivity index (χ3v) is 6.28. The highest BCUT2D eigenvalue weighted by Crippen LogP contribution is 2.38. The van der Waals surface area contributed by atoms with Gasteiger partial charge in [0.15, 0.2) is 23.1 Å². The first kappa shape index (κ1) is 26.2. The molecule has 4 rings (SSSR count). The number of anilines is 1. The number of piperidine rings is 1. The lowest BCUT2D eigenvalue weighted by Crippen LogP contribution is -2.44. The molecular weight excluding hydrogens is 479 g/mol. The molecule has 0 radical (unpaired) electrons. The molecule has 1 saturated heterocycles. The van der Waals surface area contributed by atoms with Gasteiger partial charge in [0.2, 0.25) is 0 Å². The molecule has 0 bridgehead atoms. The van der Waals surface area contributed by atoms with Crippen LogP contribution in [0, 0.1) is 11.7 Å². The zero-order chi connectivity index (χ0) is 26.5. The molecule has 2 aromatic carbocycles. The van der Waals surface area contributed by atoms with Gasteiger partial charge >= 0.3 is 11.8 Å². The summed E-state index contributed by atoms with van der Waals surface area (Å²) in [6.45, 7) is 5.95. The van der Waals surface area contributed by atoms with Gasteiger partial charge in [0.05, 0.1) is 19.2 Å². The second-order valence-corrected chi connectivity index (χ2v) is 9.18. The number of methoxy groups -OCH3 is 1. The number of carbonyl (C=O) groups is 2. The Bertz CT molecular complexity index is 1290. The third kappa shape index (κ3) is 5.91. The standard InChI is InChI=1S/C27H31FN4O5/c1-16(2)32(27(34)26(29)33)18-4-5-23(20(28)12-18)37-22-8-11-31-21-14-25(24(35-3)13-19(21)22)36-15-17-6-9-30-10-7-17/h4-5,8,11-14,16-17,30H,6-7,9-10,15H2,1-3H3,(H2,29,33). The van der Waals surface area contributed by atoms with E-state index in [1.54, 1.807) is 45.4 Å². The second-order valence-electron chi connectivity index (χ2n) is 9.18. The van der Waals surface area contributed by atoms with Gasteiger partial charge in [0.1, 0.15) is 5.75 Å². The summed E-state index contributed by atoms with van der Waals surface area (Å²) in [5.41, 5.74) is 5.95. The molecule has 3 aromatic rings. The summed E-state index contributed by atoms with van der Waals surface area (Å²) >= 11 is 0. The number of nitrogens with zero attached hydrogens (tertiary/aromatic N) is 2. The Morgan fingerprint density at radius 3 is 2.51 bits per heavy atom. The molecule has 1 aliphatic rings. The average Bonchev–Trinajstić information content (AvgIpc) is 2.89. The first-order valence-electron chi connectivity index (χ1n) is 12.2. The number of hydrogen-bond donors (Lipinski definition) is 2. The van der Waals surface area contributed by atoms with Crippen LogP contribution in [0.1, 0.15) is 26.7 Å². The fourth-order valence-corrected chi connectivity index (χ4v) is 4.36. The van der Waals surface area contributed by atoms with Crippen LogP contribution in [0.3, 0.4) is 0 Å². The number of amides is 2. The van der Waals surface area contributed by atoms with Crippen LogP contribution in [-0.4, -0.2) is 49.6 Å². The summed E-state index contributed by atoms with van der Waals surface area (Å²) in [5.74, 6) is -0.863. The first-order valence-corrected chi connectivity index (χ1v) is 12.2. The lowest BCUT2D eigenvalue weighted by atomic mass is 9.99. The SMILES string of the molecule is COc1cc2c(Oc3ccc(N(C(=O)C(N)=O)C(C)C)cc3F)ccnc2cc1OCC1CCNCC1. The Morgan fingerprint density at radius 1 is 1.11 bits per heavy atom. The highest BCUT2D eigenvalue weighted by Gasteiger charge is 2.25. The van der Waals surface area contributed by atoms with E-state index in [0.29, 0.717) is 40.7 Å². The predicted octanol–water partition coefficient (Wildman–Crippen LogP) is 3.78. The van der Waals surface area contributed by atoms with Gasteiger partial charge in [0, 0.05) is 35.4 Å². The molecule has 37 heavy (non-hydrogen) atoms. The van der Waals surface area contributed by atoms with Crippen molar-refractivity contribution in [1.29, 1.82) is 0 Å². The number of carbonyl (C=O) groups excluding carboxylic acids is 2. The molecule has 10 heteroatoms. The maximum atomic E-state index is 15.1. The number of nitrogens with one attached hydrogen (secondary N) is 1. The van der Waals surface area contributed by atoms with Crippen molar-refractivity contribution >= 4 is 28.4 Å². The second kappa shape index (κ2) is 11.4. The van der Waals surface area contributed by atoms with E-state index >= 15 is 4.39 Å². The van der Waals surface area contributed by atoms with Crippen LogP contribution >= 0.6 is 0 Å². The van der Waals surface area contributed by atoms with Crippen molar-refractivity contribution in [3.63, 3.8) is 0 Å². The van der Waals surface area contributed by atoms with Crippen molar-refractivity contribution in [1.82, 2.24) is 10.3 Å². The third-order valence-electron chi connectivity index (χ3n) is 6.28. The normalized spacial score (nSPS) is 14.0. The number of primary amides is 1. The Hall–Kier alpha value is -3.92. The van der Waals surface area contributed by atoms with E-state index in [0.717, 1.165) is 36.9 Å². The molecular formula is C27H31FN4O5. The van der Waals surface area contributed by atoms with E-state index in [2.05, 4.69) is 10.3 Å². The molecule has 9 nitrogen and oxygen atoms in total. The quantitative estimate of drug-likeness (QED) is 0.443. The Balaban J connectivity index is 1.59. The summed E-state index contributed by atoms with van der Waals surface area (Å²) in [7, 11) is 1.56. The Kier molecular flexibility index (Phi) is 8.08. The van der Waals surface area contributed by atoms with E-state index in [4.69, 9.17) is 19.9 Å². The summed E-state index contributed by atoms with van der Waals surface area (Å²) in [6, 6.07) is 8.79. The summed E-state index contributed by atoms with van der Waals surface area (Å²) in [6.07, 6.45) is 3.68. The van der Waals surface area contributed by atoms with Gasteiger partial charge in [0.25, 0.3) is 0 Å². The predicted molar refractivity (Wildman–Crippen MR) is 138 cm³/mol. The number of benzene rings is 2. The number of nitrogens with two attached hydrogens (primary N) is 1. The number of rotatable bonds is 8. The van der Waals surface area contributed by atoms with Crippen molar-refractivity contribution in [2.45, 2.75) is 32.7 Å². The fraction of sp³-hybridized carbons (Fsp3) is 0.370. The molecule has 3 N–H and O–H groups in total. The number of halogens is 1. The molecule has 0 saturated carbocycles. The molecule has 1 aliphatic heterocycles. The van der Waals surface area contributed by atoms with Crippen molar-refractivity contribution in [3.05, 3.63) is 48.4 Å². The number of aromatic nitrogens is 1. The van der Waals surface area contributed by atoms with Crippen molar-refractivity contribution in [2.24, 2.45) is 11.7 Å². The van der Waals surface area contributed by atoms with Crippen LogP contribution < -0.4 is 30.2 Å². The van der Waals surface area contributed by atoms with Gasteiger partial charge in [-0.3, -0.25) is 14.6 Å². The molecule has 1 fully saturated rings. The van der Waals surface area contributed by atoms with E-state index in [-0.39, 0.29) is 11.4 Å². The van der Waals surface area contributed by atoms with Gasteiger partial charge in [-0.05, 0) is 70.0 Å². The molecule has 0 spiro atoms. The van der Waals surface area contributed by atoms with Crippen LogP contribution in [0.2, 0.25) is 0 Å². The van der Waals surface area contributed by atoms with Gasteiger partial charge < -0.3 is 30.2 Å². The van der Waals surface area contributed by atoms with E-state index in [1.807, 2.05) is 0 Å². The van der Waals surface area contributed by atoms with Crippen molar-refractivity contribution < 1.29 is 28.2 Å². The molecule has 2 heterocycles. The van der Waals surface area contributed by atoms with Gasteiger partial charge in [-0.15, -0.1) is 0 Å². The molecule has 196 valence electrons. The number of fused-ring (bicyclic) bond motifs is 1. The van der Waals surface area contributed by atoms with E-state index in [1.165, 1.54) is 12.1 Å². The van der Waals surface area contributed by atoms with Crippen molar-refractivity contribution in [3.8, 4) is 23.0 Å². The molecule has 0 unspecified atom stereocenters. The monoisotopic (exact) mass is 510 g/mol. The summed E-state index contributed by atoms with van der Waals surface area (Å²) in [4.78, 5) is 29.2. The lowest BCUT2D eigenvalue weighted by molar-refractivity contribution is -0.135. The zero-order valence-corrected chi connectivity index (χ0v) is 21.1. The van der Waals surface area contributed by atoms with Gasteiger partial charge in [-0.1, -0.05) is 0 Å². The Morgan fingerprint density at radius 2 is 1.86 bits per heavy atom. The summed E-state index contributed by atoms with van der Waals surface area (Å²) in [5, 5.41) is 3.96. The maximum absolute atomic E-state index is 15.1. The smallest absolute Gasteiger partial charge is 0.316 e. The molecule has 0 aliphatic carbocycles. The van der Waals surface area contributed by atoms with Crippen LogP contribution in [-0.2, 0) is 9.59 Å². The number of pyridine rings is 1. The Labute approximate surface area is 214 Å². The van der Waals surface area contributed by atoms with E-state index in [9.17, 15) is 9.59 Å². The minimum absolute atomic E-state index is 0.0586. The zero-order valence-electron chi connectivity index (χ0n) is 21.1. The molecule has 1 aromatic heterocycles. The molecule has 2 amide bonds. The highest BCUT2D eigenvalue weighted by molar-refractivity contribution is 6.40. The van der Waals surface area contributed by atoms with Gasteiger partial charge in [-0.25, -0.2) is 4.39 Å². The maximum Gasteiger partial charge on any atom is 0.316 e. The van der Waals surface area contributed by atoms with Crippen molar-refractivity contribution in [2.75, 3.05) is 31.7 Å². The summed E-state index contributed by atoms with van der Waals surface area (Å²) < 4.78 is 32.6. The van der Waals surface area contributed by atoms with E-state index < -0.39 is 23.7 Å². The largest absolute Gasteiger partial charge is 0.493 e. The molecule has 0 atom stereocenters. The number of hydrogen-bond acceptors (Lipinski definition) is 7. The van der Waals surface area contributed by atoms with Crippen LogP contribution in [0.15, 0.2) is 42.6 Å². The minimum Gasteiger partial charge on any atom is -0.493 e. The highest BCUT2D eigenvalue weighted by atomic mass is 19.1. The lowest BCUT2D eigenvalue weighted by Gasteiger charge is -2.25. The average molecular weight is 511 g/mol. The topological polar surface area (TPSA) is 116 Å². The van der Waals surface area contributed by atoms with Crippen LogP contribution in [0.4, 0.5) is 10.1 Å². The van der Waals surface area contributed by atoms with Crippen LogP contribution in [0.5, 0.6) is 23.0 Å². The van der Waals surface area contributed by atoms with Gasteiger partial charge in [-0.2, -0.15) is 0 Å².